The summed E-state index contributed by atoms with van der Waals surface area (Å²) in [4.78, 5) is 15.4. The van der Waals surface area contributed by atoms with Crippen LogP contribution in [0.5, 0.6) is 0 Å². The maximum Gasteiger partial charge on any atom is 0.165 e. The number of hydrogen-bond donors (Lipinski definition) is 0. The fourth-order valence-electron chi connectivity index (χ4n) is 7.68. The molecule has 0 fully saturated rings. The van der Waals surface area contributed by atoms with Gasteiger partial charge in [-0.1, -0.05) is 131 Å². The van der Waals surface area contributed by atoms with Gasteiger partial charge < -0.3 is 4.42 Å². The summed E-state index contributed by atoms with van der Waals surface area (Å²) in [6.45, 7) is 0. The SMILES string of the molecule is [B]c1c([B])c([B])c2c(oc3c(-c4ccc(-c5nc(-c6ccccc6-c6ccccc6)nc(-c6cccc7c6sc6ccccc67)n5)cc4)c([B])c([B])c([B])c32)c1[B]. The van der Waals surface area contributed by atoms with Crippen molar-refractivity contribution in [2.24, 2.45) is 0 Å². The van der Waals surface area contributed by atoms with Crippen molar-refractivity contribution in [2.75, 3.05) is 0 Å². The van der Waals surface area contributed by atoms with Gasteiger partial charge in [0.25, 0.3) is 0 Å². The normalized spacial score (nSPS) is 11.6. The third-order valence-electron chi connectivity index (χ3n) is 10.6. The predicted octanol–water partition coefficient (Wildman–Crippen LogP) is 4.03. The molecule has 0 unspecified atom stereocenters. The van der Waals surface area contributed by atoms with E-state index >= 15 is 0 Å². The van der Waals surface area contributed by atoms with E-state index in [-0.39, 0.29) is 43.8 Å². The molecule has 0 atom stereocenters. The van der Waals surface area contributed by atoms with E-state index in [0.717, 1.165) is 37.9 Å². The highest BCUT2D eigenvalue weighted by Crippen LogP contribution is 2.40. The smallest absolute Gasteiger partial charge is 0.165 e. The van der Waals surface area contributed by atoms with Gasteiger partial charge in [0, 0.05) is 53.2 Å². The van der Waals surface area contributed by atoms with Gasteiger partial charge in [-0.3, -0.25) is 0 Å². The fourth-order valence-corrected chi connectivity index (χ4v) is 8.90. The average molecular weight is 726 g/mol. The highest BCUT2D eigenvalue weighted by Gasteiger charge is 2.23. The lowest BCUT2D eigenvalue weighted by atomic mass is 9.64. The van der Waals surface area contributed by atoms with Crippen LogP contribution in [0.2, 0.25) is 0 Å². The summed E-state index contributed by atoms with van der Waals surface area (Å²) in [5, 5.41) is 3.21. The summed E-state index contributed by atoms with van der Waals surface area (Å²) in [7, 11) is 45.0. The van der Waals surface area contributed by atoms with Crippen LogP contribution in [0.15, 0.2) is 126 Å². The number of rotatable bonds is 5. The van der Waals surface area contributed by atoms with Crippen LogP contribution in [0, 0.1) is 0 Å². The van der Waals surface area contributed by atoms with Crippen LogP contribution in [0.25, 0.3) is 98.5 Å². The van der Waals surface area contributed by atoms with Crippen molar-refractivity contribution in [2.45, 2.75) is 0 Å². The van der Waals surface area contributed by atoms with E-state index in [0.29, 0.717) is 45.0 Å². The fraction of sp³-hybridized carbons (Fsp3) is 0. The largest absolute Gasteiger partial charge is 0.456 e. The molecule has 3 heterocycles. The average Bonchev–Trinajstić information content (AvgIpc) is 3.84. The van der Waals surface area contributed by atoms with E-state index in [4.69, 9.17) is 74.3 Å². The van der Waals surface area contributed by atoms with Gasteiger partial charge in [-0.05, 0) is 28.8 Å². The second-order valence-corrected chi connectivity index (χ2v) is 14.9. The molecule has 12 heteroatoms. The summed E-state index contributed by atoms with van der Waals surface area (Å²) in [5.41, 5.74) is 7.63. The molecule has 0 aliphatic carbocycles. The minimum Gasteiger partial charge on any atom is -0.456 e. The van der Waals surface area contributed by atoms with Crippen LogP contribution >= 0.6 is 11.3 Å². The lowest BCUT2D eigenvalue weighted by Crippen LogP contribution is -2.47. The first-order valence-electron chi connectivity index (χ1n) is 18.1. The van der Waals surface area contributed by atoms with E-state index in [2.05, 4.69) is 60.7 Å². The molecular weight excluding hydrogens is 706 g/mol. The lowest BCUT2D eigenvalue weighted by Gasteiger charge is -2.16. The van der Waals surface area contributed by atoms with Crippen LogP contribution in [0.3, 0.4) is 0 Å². The van der Waals surface area contributed by atoms with Crippen molar-refractivity contribution >= 4 is 147 Å². The van der Waals surface area contributed by atoms with E-state index in [1.807, 2.05) is 60.7 Å². The molecule has 4 nitrogen and oxygen atoms in total. The van der Waals surface area contributed by atoms with Crippen molar-refractivity contribution in [1.29, 1.82) is 0 Å². The summed E-state index contributed by atoms with van der Waals surface area (Å²) >= 11 is 1.73. The third kappa shape index (κ3) is 5.56. The molecule has 57 heavy (non-hydrogen) atoms. The van der Waals surface area contributed by atoms with E-state index < -0.39 is 0 Å². The molecule has 0 saturated carbocycles. The molecule has 0 spiro atoms. The van der Waals surface area contributed by atoms with Crippen molar-refractivity contribution in [3.63, 3.8) is 0 Å². The Morgan fingerprint density at radius 1 is 0.386 bits per heavy atom. The molecule has 3 aromatic heterocycles. The quantitative estimate of drug-likeness (QED) is 0.252. The minimum absolute atomic E-state index is 0.121. The Morgan fingerprint density at radius 2 is 0.930 bits per heavy atom. The molecule has 0 aliphatic rings. The lowest BCUT2D eigenvalue weighted by molar-refractivity contribution is 0.673. The second-order valence-electron chi connectivity index (χ2n) is 13.9. The molecule has 0 amide bonds. The van der Waals surface area contributed by atoms with Crippen molar-refractivity contribution in [3.05, 3.63) is 121 Å². The van der Waals surface area contributed by atoms with Gasteiger partial charge in [-0.15, -0.1) is 27.7 Å². The standard InChI is InChI=1S/C45H20B7N3OS/c46-33-30(40-31(34(47)36(33)49)32-35(48)37(50)38(51)39(52)41(32)56-40)22-17-19-23(20-18-22)43-53-44(27-13-5-4-11-24(27)21-9-2-1-3-10-21)55-45(54-43)28-15-8-14-26-25-12-6-7-16-29(25)57-42(26)28/h1-20H. The molecular formula is C45H20B7N3OS. The molecule has 7 aromatic carbocycles. The van der Waals surface area contributed by atoms with Gasteiger partial charge in [0.2, 0.25) is 0 Å². The molecule has 248 valence electrons. The van der Waals surface area contributed by atoms with E-state index in [9.17, 15) is 0 Å². The molecule has 14 radical (unpaired) electrons. The van der Waals surface area contributed by atoms with Crippen LogP contribution in [0.1, 0.15) is 0 Å². The van der Waals surface area contributed by atoms with Gasteiger partial charge in [-0.2, -0.15) is 0 Å². The highest BCUT2D eigenvalue weighted by atomic mass is 32.1. The van der Waals surface area contributed by atoms with Crippen molar-refractivity contribution in [3.8, 4) is 56.4 Å². The summed E-state index contributed by atoms with van der Waals surface area (Å²) < 4.78 is 8.66. The van der Waals surface area contributed by atoms with Gasteiger partial charge in [-0.25, -0.2) is 15.0 Å². The zero-order valence-electron chi connectivity index (χ0n) is 30.2. The molecule has 0 bridgehead atoms. The van der Waals surface area contributed by atoms with Gasteiger partial charge in [0.15, 0.2) is 17.5 Å². The number of benzene rings is 7. The van der Waals surface area contributed by atoms with Crippen LogP contribution in [-0.4, -0.2) is 69.9 Å². The highest BCUT2D eigenvalue weighted by molar-refractivity contribution is 7.26. The first-order chi connectivity index (χ1) is 27.7. The number of furan rings is 1. The number of nitrogens with zero attached hydrogens (tertiary/aromatic N) is 3. The first-order valence-corrected chi connectivity index (χ1v) is 18.9. The van der Waals surface area contributed by atoms with Gasteiger partial charge in [0.1, 0.15) is 66.1 Å². The predicted molar refractivity (Wildman–Crippen MR) is 245 cm³/mol. The zero-order valence-corrected chi connectivity index (χ0v) is 31.1. The summed E-state index contributed by atoms with van der Waals surface area (Å²) in [5.74, 6) is 1.60. The van der Waals surface area contributed by atoms with Crippen molar-refractivity contribution < 1.29 is 4.42 Å². The van der Waals surface area contributed by atoms with E-state index in [1.165, 1.54) is 10.1 Å². The maximum atomic E-state index is 6.68. The number of thiophene rings is 1. The number of aromatic nitrogens is 3. The summed E-state index contributed by atoms with van der Waals surface area (Å²) in [6, 6.07) is 40.7. The number of fused-ring (bicyclic) bond motifs is 6. The number of hydrogen-bond acceptors (Lipinski definition) is 5. The molecule has 10 rings (SSSR count). The monoisotopic (exact) mass is 727 g/mol. The Bertz CT molecular complexity index is 3270. The second kappa shape index (κ2) is 13.6. The van der Waals surface area contributed by atoms with Crippen molar-refractivity contribution in [1.82, 2.24) is 15.0 Å². The Balaban J connectivity index is 1.17. The van der Waals surface area contributed by atoms with Crippen LogP contribution in [0.4, 0.5) is 0 Å². The Labute approximate surface area is 342 Å². The molecule has 0 N–H and O–H groups in total. The maximum absolute atomic E-state index is 6.68. The topological polar surface area (TPSA) is 51.8 Å². The Hall–Kier alpha value is -5.98. The molecule has 10 aromatic rings. The van der Waals surface area contributed by atoms with E-state index in [1.54, 1.807) is 11.3 Å². The minimum atomic E-state index is 0.121. The van der Waals surface area contributed by atoms with Gasteiger partial charge >= 0.3 is 0 Å². The molecule has 0 saturated heterocycles. The zero-order chi connectivity index (χ0) is 39.1. The Morgan fingerprint density at radius 3 is 1.68 bits per heavy atom. The molecule has 0 aliphatic heterocycles. The Kier molecular flexibility index (Phi) is 8.46. The van der Waals surface area contributed by atoms with Crippen LogP contribution in [-0.2, 0) is 0 Å². The summed E-state index contributed by atoms with van der Waals surface area (Å²) in [6.07, 6.45) is 0. The first kappa shape index (κ1) is 35.4. The van der Waals surface area contributed by atoms with Gasteiger partial charge in [0.05, 0.1) is 0 Å². The van der Waals surface area contributed by atoms with Crippen LogP contribution < -0.4 is 38.2 Å². The third-order valence-corrected chi connectivity index (χ3v) is 11.8.